The first-order valence-electron chi connectivity index (χ1n) is 13.9. The molecule has 2 amide bonds. The number of rotatable bonds is 11. The van der Waals surface area contributed by atoms with Gasteiger partial charge in [0.1, 0.15) is 5.00 Å². The molecule has 0 saturated carbocycles. The van der Waals surface area contributed by atoms with Crippen LogP contribution in [0.4, 0.5) is 5.00 Å². The van der Waals surface area contributed by atoms with Crippen molar-refractivity contribution in [2.24, 2.45) is 0 Å². The molecule has 1 aliphatic rings. The fraction of sp³-hybridized carbons (Fsp3) is 0.323. The van der Waals surface area contributed by atoms with Crippen molar-refractivity contribution < 1.29 is 19.1 Å². The Kier molecular flexibility index (Phi) is 9.38. The summed E-state index contributed by atoms with van der Waals surface area (Å²) in [6.45, 7) is 6.01. The molecule has 2 aromatic carbocycles. The van der Waals surface area contributed by atoms with Crippen molar-refractivity contribution >= 4 is 45.9 Å². The molecule has 9 nitrogen and oxygen atoms in total. The van der Waals surface area contributed by atoms with Gasteiger partial charge in [-0.3, -0.25) is 14.2 Å². The molecule has 0 unspecified atom stereocenters. The van der Waals surface area contributed by atoms with Gasteiger partial charge in [0, 0.05) is 10.6 Å². The van der Waals surface area contributed by atoms with Gasteiger partial charge in [-0.1, -0.05) is 54.2 Å². The maximum atomic E-state index is 13.4. The van der Waals surface area contributed by atoms with Crippen molar-refractivity contribution in [1.29, 1.82) is 0 Å². The highest BCUT2D eigenvalue weighted by atomic mass is 32.2. The van der Waals surface area contributed by atoms with Gasteiger partial charge in [0.25, 0.3) is 0 Å². The molecule has 0 radical (unpaired) electrons. The van der Waals surface area contributed by atoms with Gasteiger partial charge < -0.3 is 15.4 Å². The van der Waals surface area contributed by atoms with E-state index >= 15 is 0 Å². The Bertz CT molecular complexity index is 1600. The SMILES string of the molecule is CCOC(=O)c1c(NC(=O)[C@H](C)Sc2nnc(CNC(=O)Cc3ccccc3)n2-c2cccc(C)c2)sc2c1CCC2. The van der Waals surface area contributed by atoms with Crippen molar-refractivity contribution in [3.63, 3.8) is 0 Å². The number of carbonyl (C=O) groups excluding carboxylic acids is 3. The molecule has 0 saturated heterocycles. The molecule has 2 heterocycles. The molecule has 5 rings (SSSR count). The van der Waals surface area contributed by atoms with Gasteiger partial charge in [-0.15, -0.1) is 21.5 Å². The number of aryl methyl sites for hydroxylation is 2. The minimum Gasteiger partial charge on any atom is -0.462 e. The molecule has 0 aliphatic heterocycles. The van der Waals surface area contributed by atoms with Gasteiger partial charge >= 0.3 is 5.97 Å². The fourth-order valence-electron chi connectivity index (χ4n) is 4.88. The van der Waals surface area contributed by atoms with E-state index in [1.54, 1.807) is 13.8 Å². The quantitative estimate of drug-likeness (QED) is 0.177. The van der Waals surface area contributed by atoms with Crippen LogP contribution in [0.25, 0.3) is 5.69 Å². The highest BCUT2D eigenvalue weighted by Crippen LogP contribution is 2.40. The van der Waals surface area contributed by atoms with Crippen molar-refractivity contribution in [3.8, 4) is 5.69 Å². The molecule has 0 spiro atoms. The van der Waals surface area contributed by atoms with E-state index in [9.17, 15) is 14.4 Å². The molecule has 1 atom stereocenters. The Morgan fingerprint density at radius 3 is 2.67 bits per heavy atom. The maximum absolute atomic E-state index is 13.4. The normalized spacial score (nSPS) is 12.9. The summed E-state index contributed by atoms with van der Waals surface area (Å²) in [7, 11) is 0. The number of nitrogens with one attached hydrogen (secondary N) is 2. The molecule has 0 bridgehead atoms. The summed E-state index contributed by atoms with van der Waals surface area (Å²) in [4.78, 5) is 39.9. The monoisotopic (exact) mass is 603 g/mol. The molecular weight excluding hydrogens is 571 g/mol. The second-order valence-corrected chi connectivity index (χ2v) is 12.5. The first-order chi connectivity index (χ1) is 20.3. The van der Waals surface area contributed by atoms with Crippen molar-refractivity contribution in [3.05, 3.63) is 87.6 Å². The van der Waals surface area contributed by atoms with E-state index in [0.717, 1.165) is 46.5 Å². The van der Waals surface area contributed by atoms with Gasteiger partial charge in [0.2, 0.25) is 11.8 Å². The van der Waals surface area contributed by atoms with Crippen LogP contribution in [0.15, 0.2) is 59.8 Å². The smallest absolute Gasteiger partial charge is 0.341 e. The molecule has 218 valence electrons. The Hall–Kier alpha value is -3.96. The summed E-state index contributed by atoms with van der Waals surface area (Å²) in [6.07, 6.45) is 2.97. The number of thioether (sulfide) groups is 1. The molecule has 4 aromatic rings. The van der Waals surface area contributed by atoms with Gasteiger partial charge in [-0.2, -0.15) is 0 Å². The third-order valence-corrected chi connectivity index (χ3v) is 9.15. The van der Waals surface area contributed by atoms with E-state index in [-0.39, 0.29) is 31.4 Å². The average molecular weight is 604 g/mol. The molecule has 2 N–H and O–H groups in total. The lowest BCUT2D eigenvalue weighted by molar-refractivity contribution is -0.120. The van der Waals surface area contributed by atoms with Crippen LogP contribution >= 0.6 is 23.1 Å². The number of amides is 2. The molecule has 2 aromatic heterocycles. The zero-order valence-corrected chi connectivity index (χ0v) is 25.4. The van der Waals surface area contributed by atoms with Crippen LogP contribution in [0.1, 0.15) is 58.0 Å². The van der Waals surface area contributed by atoms with Crippen LogP contribution in [0.2, 0.25) is 0 Å². The summed E-state index contributed by atoms with van der Waals surface area (Å²) in [5, 5.41) is 15.2. The third-order valence-electron chi connectivity index (χ3n) is 6.90. The number of hydrogen-bond donors (Lipinski definition) is 2. The van der Waals surface area contributed by atoms with Crippen molar-refractivity contribution in [1.82, 2.24) is 20.1 Å². The molecule has 0 fully saturated rings. The topological polar surface area (TPSA) is 115 Å². The summed E-state index contributed by atoms with van der Waals surface area (Å²) < 4.78 is 7.17. The van der Waals surface area contributed by atoms with Crippen LogP contribution in [0, 0.1) is 6.92 Å². The van der Waals surface area contributed by atoms with Gasteiger partial charge in [-0.05, 0) is 68.9 Å². The first kappa shape index (κ1) is 29.5. The zero-order valence-electron chi connectivity index (χ0n) is 23.8. The predicted octanol–water partition coefficient (Wildman–Crippen LogP) is 5.28. The largest absolute Gasteiger partial charge is 0.462 e. The van der Waals surface area contributed by atoms with E-state index in [0.29, 0.717) is 21.5 Å². The molecule has 11 heteroatoms. The van der Waals surface area contributed by atoms with Crippen LogP contribution < -0.4 is 10.6 Å². The van der Waals surface area contributed by atoms with Crippen LogP contribution in [-0.2, 0) is 40.1 Å². The fourth-order valence-corrected chi connectivity index (χ4v) is 7.04. The Labute approximate surface area is 253 Å². The zero-order chi connectivity index (χ0) is 29.6. The second kappa shape index (κ2) is 13.3. The number of anilines is 1. The Morgan fingerprint density at radius 2 is 1.90 bits per heavy atom. The Morgan fingerprint density at radius 1 is 1.10 bits per heavy atom. The second-order valence-electron chi connectivity index (χ2n) is 10.0. The number of aromatic nitrogens is 3. The van der Waals surface area contributed by atoms with E-state index in [4.69, 9.17) is 4.74 Å². The average Bonchev–Trinajstić information content (AvgIpc) is 3.67. The lowest BCUT2D eigenvalue weighted by Crippen LogP contribution is -2.26. The lowest BCUT2D eigenvalue weighted by atomic mass is 10.1. The summed E-state index contributed by atoms with van der Waals surface area (Å²) in [5.74, 6) is -0.216. The minimum absolute atomic E-state index is 0.123. The van der Waals surface area contributed by atoms with E-state index in [2.05, 4.69) is 20.8 Å². The lowest BCUT2D eigenvalue weighted by Gasteiger charge is -2.15. The third kappa shape index (κ3) is 6.74. The number of benzene rings is 2. The van der Waals surface area contributed by atoms with Gasteiger partial charge in [-0.25, -0.2) is 4.79 Å². The molecule has 42 heavy (non-hydrogen) atoms. The first-order valence-corrected chi connectivity index (χ1v) is 15.6. The molecular formula is C31H33N5O4S2. The maximum Gasteiger partial charge on any atom is 0.341 e. The van der Waals surface area contributed by atoms with E-state index in [1.807, 2.05) is 66.1 Å². The number of carbonyl (C=O) groups is 3. The van der Waals surface area contributed by atoms with Crippen LogP contribution in [0.5, 0.6) is 0 Å². The molecule has 1 aliphatic carbocycles. The predicted molar refractivity (Wildman–Crippen MR) is 164 cm³/mol. The van der Waals surface area contributed by atoms with E-state index < -0.39 is 11.2 Å². The van der Waals surface area contributed by atoms with Crippen LogP contribution in [-0.4, -0.2) is 44.4 Å². The standard InChI is InChI=1S/C31H33N5O4S2/c1-4-40-30(39)27-23-14-9-15-24(23)42-29(27)33-28(38)20(3)41-31-35-34-25(36(31)22-13-8-10-19(2)16-22)18-32-26(37)17-21-11-6-5-7-12-21/h5-8,10-13,16,20H,4,9,14-15,17-18H2,1-3H3,(H,32,37)(H,33,38)/t20-/m0/s1. The summed E-state index contributed by atoms with van der Waals surface area (Å²) in [6, 6.07) is 17.4. The summed E-state index contributed by atoms with van der Waals surface area (Å²) in [5.41, 5.74) is 4.29. The number of ether oxygens (including phenoxy) is 1. The highest BCUT2D eigenvalue weighted by molar-refractivity contribution is 8.00. The number of thiophene rings is 1. The number of nitrogens with zero attached hydrogens (tertiary/aromatic N) is 3. The number of esters is 1. The Balaban J connectivity index is 1.33. The van der Waals surface area contributed by atoms with Crippen LogP contribution in [0.3, 0.4) is 0 Å². The summed E-state index contributed by atoms with van der Waals surface area (Å²) >= 11 is 2.72. The van der Waals surface area contributed by atoms with Crippen molar-refractivity contribution in [2.75, 3.05) is 11.9 Å². The highest BCUT2D eigenvalue weighted by Gasteiger charge is 2.30. The van der Waals surface area contributed by atoms with E-state index in [1.165, 1.54) is 23.1 Å². The van der Waals surface area contributed by atoms with Gasteiger partial charge in [0.15, 0.2) is 11.0 Å². The number of hydrogen-bond acceptors (Lipinski definition) is 8. The van der Waals surface area contributed by atoms with Gasteiger partial charge in [0.05, 0.1) is 30.4 Å². The van der Waals surface area contributed by atoms with Crippen molar-refractivity contribution in [2.45, 2.75) is 63.4 Å². The number of fused-ring (bicyclic) bond motifs is 1. The minimum atomic E-state index is -0.551.